The third-order valence-corrected chi connectivity index (χ3v) is 2.59. The van der Waals surface area contributed by atoms with Crippen LogP contribution in [0.2, 0.25) is 10.0 Å². The Bertz CT molecular complexity index is 369. The fourth-order valence-corrected chi connectivity index (χ4v) is 1.70. The predicted molar refractivity (Wildman–Crippen MR) is 65.1 cm³/mol. The smallest absolute Gasteiger partial charge is 0.252 e. The molecule has 0 heterocycles. The molecule has 88 valence electrons. The SMILES string of the molecule is O=C(NCCCCO)c1ccc(Cl)cc1Cl. The van der Waals surface area contributed by atoms with E-state index in [4.69, 9.17) is 28.3 Å². The van der Waals surface area contributed by atoms with Crippen molar-refractivity contribution in [1.29, 1.82) is 0 Å². The molecule has 0 atom stereocenters. The lowest BCUT2D eigenvalue weighted by atomic mass is 10.2. The van der Waals surface area contributed by atoms with Crippen LogP contribution < -0.4 is 5.32 Å². The van der Waals surface area contributed by atoms with E-state index in [0.717, 1.165) is 6.42 Å². The summed E-state index contributed by atoms with van der Waals surface area (Å²) in [6, 6.07) is 4.74. The lowest BCUT2D eigenvalue weighted by Gasteiger charge is -2.06. The molecule has 16 heavy (non-hydrogen) atoms. The van der Waals surface area contributed by atoms with Gasteiger partial charge in [-0.3, -0.25) is 4.79 Å². The fourth-order valence-electron chi connectivity index (χ4n) is 1.21. The molecular weight excluding hydrogens is 249 g/mol. The summed E-state index contributed by atoms with van der Waals surface area (Å²) in [6.45, 7) is 0.663. The summed E-state index contributed by atoms with van der Waals surface area (Å²) in [5.41, 5.74) is 0.412. The first-order valence-corrected chi connectivity index (χ1v) is 5.75. The van der Waals surface area contributed by atoms with Crippen molar-refractivity contribution in [2.24, 2.45) is 0 Å². The minimum atomic E-state index is -0.223. The van der Waals surface area contributed by atoms with Gasteiger partial charge in [-0.1, -0.05) is 23.2 Å². The number of nitrogens with one attached hydrogen (secondary N) is 1. The normalized spacial score (nSPS) is 10.2. The number of halogens is 2. The zero-order chi connectivity index (χ0) is 12.0. The van der Waals surface area contributed by atoms with E-state index >= 15 is 0 Å². The number of carbonyl (C=O) groups is 1. The van der Waals surface area contributed by atoms with Crippen molar-refractivity contribution in [3.05, 3.63) is 33.8 Å². The summed E-state index contributed by atoms with van der Waals surface area (Å²) < 4.78 is 0. The third kappa shape index (κ3) is 4.00. The second kappa shape index (κ2) is 6.74. The zero-order valence-electron chi connectivity index (χ0n) is 8.67. The Morgan fingerprint density at radius 3 is 2.69 bits per heavy atom. The van der Waals surface area contributed by atoms with E-state index in [2.05, 4.69) is 5.32 Å². The highest BCUT2D eigenvalue weighted by Crippen LogP contribution is 2.20. The molecule has 3 nitrogen and oxygen atoms in total. The summed E-state index contributed by atoms with van der Waals surface area (Å²) in [7, 11) is 0. The van der Waals surface area contributed by atoms with Gasteiger partial charge in [0, 0.05) is 18.2 Å². The van der Waals surface area contributed by atoms with Crippen LogP contribution in [0.4, 0.5) is 0 Å². The average Bonchev–Trinajstić information content (AvgIpc) is 2.24. The molecule has 0 aliphatic heterocycles. The van der Waals surface area contributed by atoms with Crippen molar-refractivity contribution in [1.82, 2.24) is 5.32 Å². The quantitative estimate of drug-likeness (QED) is 0.801. The molecule has 0 spiro atoms. The number of hydrogen-bond donors (Lipinski definition) is 2. The topological polar surface area (TPSA) is 49.3 Å². The van der Waals surface area contributed by atoms with Gasteiger partial charge in [-0.25, -0.2) is 0 Å². The van der Waals surface area contributed by atoms with Crippen LogP contribution in [0.3, 0.4) is 0 Å². The van der Waals surface area contributed by atoms with Crippen molar-refractivity contribution in [3.63, 3.8) is 0 Å². The van der Waals surface area contributed by atoms with Gasteiger partial charge in [0.25, 0.3) is 5.91 Å². The molecule has 0 radical (unpaired) electrons. The van der Waals surface area contributed by atoms with E-state index < -0.39 is 0 Å². The first-order chi connectivity index (χ1) is 7.65. The van der Waals surface area contributed by atoms with Gasteiger partial charge >= 0.3 is 0 Å². The van der Waals surface area contributed by atoms with Gasteiger partial charge in [0.1, 0.15) is 0 Å². The minimum absolute atomic E-state index is 0.136. The van der Waals surface area contributed by atoms with Crippen LogP contribution in [-0.2, 0) is 0 Å². The van der Waals surface area contributed by atoms with Gasteiger partial charge in [0.05, 0.1) is 10.6 Å². The van der Waals surface area contributed by atoms with Gasteiger partial charge in [-0.15, -0.1) is 0 Å². The number of unbranched alkanes of at least 4 members (excludes halogenated alkanes) is 1. The molecule has 2 N–H and O–H groups in total. The number of hydrogen-bond acceptors (Lipinski definition) is 2. The summed E-state index contributed by atoms with van der Waals surface area (Å²) >= 11 is 11.6. The van der Waals surface area contributed by atoms with Gasteiger partial charge in [0.2, 0.25) is 0 Å². The van der Waals surface area contributed by atoms with Gasteiger partial charge in [-0.05, 0) is 31.0 Å². The maximum atomic E-state index is 11.6. The fraction of sp³-hybridized carbons (Fsp3) is 0.364. The highest BCUT2D eigenvalue weighted by Gasteiger charge is 2.09. The van der Waals surface area contributed by atoms with E-state index in [9.17, 15) is 4.79 Å². The van der Waals surface area contributed by atoms with E-state index in [0.29, 0.717) is 28.6 Å². The molecule has 1 rings (SSSR count). The Hall–Kier alpha value is -0.770. The second-order valence-corrected chi connectivity index (χ2v) is 4.15. The number of aliphatic hydroxyl groups excluding tert-OH is 1. The number of carbonyl (C=O) groups excluding carboxylic acids is 1. The number of benzene rings is 1. The van der Waals surface area contributed by atoms with Crippen LogP contribution in [0, 0.1) is 0 Å². The molecule has 1 amide bonds. The third-order valence-electron chi connectivity index (χ3n) is 2.05. The Kier molecular flexibility index (Phi) is 5.60. The van der Waals surface area contributed by atoms with Crippen molar-refractivity contribution < 1.29 is 9.90 Å². The lowest BCUT2D eigenvalue weighted by Crippen LogP contribution is -2.24. The standard InChI is InChI=1S/C11H13Cl2NO2/c12-8-3-4-9(10(13)7-8)11(16)14-5-1-2-6-15/h3-4,7,15H,1-2,5-6H2,(H,14,16). The molecule has 0 saturated heterocycles. The van der Waals surface area contributed by atoms with Crippen LogP contribution in [0.1, 0.15) is 23.2 Å². The van der Waals surface area contributed by atoms with Gasteiger partial charge in [-0.2, -0.15) is 0 Å². The van der Waals surface area contributed by atoms with Gasteiger partial charge in [0.15, 0.2) is 0 Å². The van der Waals surface area contributed by atoms with Crippen LogP contribution in [0.5, 0.6) is 0 Å². The largest absolute Gasteiger partial charge is 0.396 e. The lowest BCUT2D eigenvalue weighted by molar-refractivity contribution is 0.0952. The van der Waals surface area contributed by atoms with Crippen LogP contribution in [0.15, 0.2) is 18.2 Å². The first kappa shape index (κ1) is 13.3. The highest BCUT2D eigenvalue weighted by molar-refractivity contribution is 6.36. The van der Waals surface area contributed by atoms with E-state index in [1.807, 2.05) is 0 Å². The minimum Gasteiger partial charge on any atom is -0.396 e. The average molecular weight is 262 g/mol. The van der Waals surface area contributed by atoms with Crippen LogP contribution >= 0.6 is 23.2 Å². The maximum absolute atomic E-state index is 11.6. The van der Waals surface area contributed by atoms with Crippen LogP contribution in [-0.4, -0.2) is 24.2 Å². The number of rotatable bonds is 5. The van der Waals surface area contributed by atoms with Crippen molar-refractivity contribution in [3.8, 4) is 0 Å². The summed E-state index contributed by atoms with van der Waals surface area (Å²) in [5.74, 6) is -0.223. The Labute approximate surface area is 104 Å². The molecule has 0 aromatic heterocycles. The molecule has 0 aliphatic carbocycles. The second-order valence-electron chi connectivity index (χ2n) is 3.31. The molecule has 0 saturated carbocycles. The molecule has 0 bridgehead atoms. The predicted octanol–water partition coefficient (Wildman–Crippen LogP) is 2.50. The molecule has 1 aromatic carbocycles. The Morgan fingerprint density at radius 2 is 2.06 bits per heavy atom. The number of aliphatic hydroxyl groups is 1. The van der Waals surface area contributed by atoms with E-state index in [-0.39, 0.29) is 12.5 Å². The van der Waals surface area contributed by atoms with E-state index in [1.165, 1.54) is 6.07 Å². The summed E-state index contributed by atoms with van der Waals surface area (Å²) in [6.07, 6.45) is 1.42. The van der Waals surface area contributed by atoms with Crippen LogP contribution in [0.25, 0.3) is 0 Å². The molecular formula is C11H13Cl2NO2. The Balaban J connectivity index is 2.53. The van der Waals surface area contributed by atoms with Crippen molar-refractivity contribution >= 4 is 29.1 Å². The Morgan fingerprint density at radius 1 is 1.31 bits per heavy atom. The molecule has 1 aromatic rings. The molecule has 5 heteroatoms. The number of amides is 1. The summed E-state index contributed by atoms with van der Waals surface area (Å²) in [5, 5.41) is 12.1. The van der Waals surface area contributed by atoms with Crippen molar-refractivity contribution in [2.45, 2.75) is 12.8 Å². The van der Waals surface area contributed by atoms with E-state index in [1.54, 1.807) is 12.1 Å². The molecule has 0 fully saturated rings. The zero-order valence-corrected chi connectivity index (χ0v) is 10.2. The van der Waals surface area contributed by atoms with Gasteiger partial charge < -0.3 is 10.4 Å². The van der Waals surface area contributed by atoms with Crippen molar-refractivity contribution in [2.75, 3.05) is 13.2 Å². The summed E-state index contributed by atoms with van der Waals surface area (Å²) in [4.78, 5) is 11.6. The maximum Gasteiger partial charge on any atom is 0.252 e. The monoisotopic (exact) mass is 261 g/mol. The molecule has 0 aliphatic rings. The highest BCUT2D eigenvalue weighted by atomic mass is 35.5. The first-order valence-electron chi connectivity index (χ1n) is 4.99. The molecule has 0 unspecified atom stereocenters.